The van der Waals surface area contributed by atoms with E-state index in [2.05, 4.69) is 20.8 Å². The van der Waals surface area contributed by atoms with Gasteiger partial charge in [-0.2, -0.15) is 0 Å². The molecule has 2 fully saturated rings. The van der Waals surface area contributed by atoms with Crippen molar-refractivity contribution in [3.8, 4) is 0 Å². The highest BCUT2D eigenvalue weighted by Gasteiger charge is 2.62. The first-order valence-electron chi connectivity index (χ1n) is 15.1. The lowest BCUT2D eigenvalue weighted by molar-refractivity contribution is 0.174. The van der Waals surface area contributed by atoms with Gasteiger partial charge in [-0.15, -0.1) is 0 Å². The van der Waals surface area contributed by atoms with Crippen molar-refractivity contribution in [2.24, 2.45) is 0 Å². The average Bonchev–Trinajstić information content (AvgIpc) is 2.84. The van der Waals surface area contributed by atoms with Gasteiger partial charge in [0.05, 0.1) is 0 Å². The lowest BCUT2D eigenvalue weighted by atomic mass is 10.1. The van der Waals surface area contributed by atoms with Gasteiger partial charge < -0.3 is 21.5 Å². The highest BCUT2D eigenvalue weighted by atomic mass is 31.2. The van der Waals surface area contributed by atoms with E-state index in [1.165, 1.54) is 44.9 Å². The van der Waals surface area contributed by atoms with Gasteiger partial charge in [0.15, 0.2) is 0 Å². The summed E-state index contributed by atoms with van der Waals surface area (Å²) >= 11 is -5.62. The summed E-state index contributed by atoms with van der Waals surface area (Å²) < 4.78 is 72.6. The van der Waals surface area contributed by atoms with E-state index >= 15 is 0 Å². The molecule has 0 atom stereocenters. The molecule has 0 spiro atoms. The van der Waals surface area contributed by atoms with E-state index in [-0.39, 0.29) is 6.16 Å². The van der Waals surface area contributed by atoms with E-state index < -0.39 is 53.1 Å². The van der Waals surface area contributed by atoms with Crippen LogP contribution in [0, 0.1) is 0 Å². The van der Waals surface area contributed by atoms with Crippen LogP contribution < -0.4 is 0 Å². The highest BCUT2D eigenvalue weighted by Crippen LogP contribution is 2.65. The minimum Gasteiger partial charge on any atom is -0.386 e. The van der Waals surface area contributed by atoms with Gasteiger partial charge in [-0.25, -0.2) is 0 Å². The lowest BCUT2D eigenvalue weighted by Crippen LogP contribution is -2.38. The first-order chi connectivity index (χ1) is 18.3. The molecule has 2 aliphatic heterocycles. The van der Waals surface area contributed by atoms with Crippen LogP contribution in [0.3, 0.4) is 0 Å². The summed E-state index contributed by atoms with van der Waals surface area (Å²) in [7, 11) is -9.92. The standard InChI is InChI=1S/3C8H19O3P.2Al/c3*1-2-3-4-5-6-7-8-12(9,10)11;;/h3*2-8H2,1H3,(H2,9,10,11);;/q;;;2*+3/p-6. The number of hydrogen-bond donors (Lipinski definition) is 0. The van der Waals surface area contributed by atoms with Crippen LogP contribution in [-0.4, -0.2) is 48.8 Å². The largest absolute Gasteiger partial charge is 0.926 e. The Bertz CT molecular complexity index is 717. The van der Waals surface area contributed by atoms with Gasteiger partial charge in [-0.1, -0.05) is 117 Å². The Morgan fingerprint density at radius 3 is 1.21 bits per heavy atom. The number of rotatable bonds is 25. The van der Waals surface area contributed by atoms with Crippen molar-refractivity contribution < 1.29 is 35.1 Å². The van der Waals surface area contributed by atoms with E-state index in [9.17, 15) is 13.7 Å². The predicted molar refractivity (Wildman–Crippen MR) is 156 cm³/mol. The minimum absolute atomic E-state index is 0.190. The van der Waals surface area contributed by atoms with Crippen molar-refractivity contribution in [3.05, 3.63) is 0 Å². The molecule has 0 aliphatic carbocycles. The molecule has 2 rings (SSSR count). The van der Waals surface area contributed by atoms with Gasteiger partial charge in [0.1, 0.15) is 0 Å². The van der Waals surface area contributed by atoms with E-state index in [4.69, 9.17) is 21.5 Å². The van der Waals surface area contributed by atoms with Gasteiger partial charge in [0.2, 0.25) is 0 Å². The molecule has 0 aromatic rings. The van der Waals surface area contributed by atoms with Gasteiger partial charge in [0, 0.05) is 18.5 Å². The first kappa shape index (κ1) is 35.7. The molecule has 0 unspecified atom stereocenters. The van der Waals surface area contributed by atoms with Crippen molar-refractivity contribution in [1.82, 2.24) is 0 Å². The number of unbranched alkanes of at least 4 members (excludes halogenated alkanes) is 15. The molecule has 0 aromatic heterocycles. The van der Waals surface area contributed by atoms with Crippen LogP contribution in [0.5, 0.6) is 0 Å². The van der Waals surface area contributed by atoms with Gasteiger partial charge in [0.25, 0.3) is 22.8 Å². The maximum absolute atomic E-state index is 13.6. The van der Waals surface area contributed by atoms with Crippen LogP contribution in [0.15, 0.2) is 0 Å². The summed E-state index contributed by atoms with van der Waals surface area (Å²) in [5, 5.41) is 0. The molecule has 38 heavy (non-hydrogen) atoms. The molecular weight excluding hydrogens is 579 g/mol. The smallest absolute Gasteiger partial charge is 0.386 e. The Morgan fingerprint density at radius 1 is 0.526 bits per heavy atom. The summed E-state index contributed by atoms with van der Waals surface area (Å²) in [6.07, 6.45) is 19.9. The normalized spacial score (nSPS) is 18.4. The third-order valence-electron chi connectivity index (χ3n) is 6.84. The van der Waals surface area contributed by atoms with Crippen molar-refractivity contribution in [2.45, 2.75) is 136 Å². The summed E-state index contributed by atoms with van der Waals surface area (Å²) in [6, 6.07) is 0. The van der Waals surface area contributed by atoms with Crippen LogP contribution in [-0.2, 0) is 35.1 Å². The molecule has 9 nitrogen and oxygen atoms in total. The molecular formula is C24H51Al2O9P3. The Kier molecular flexibility index (Phi) is 18.5. The lowest BCUT2D eigenvalue weighted by Gasteiger charge is -2.37. The zero-order valence-corrected chi connectivity index (χ0v) is 29.0. The topological polar surface area (TPSA) is 107 Å². The number of hydrogen-bond acceptors (Lipinski definition) is 9. The second-order valence-corrected chi connectivity index (χ2v) is 21.7. The van der Waals surface area contributed by atoms with Gasteiger partial charge >= 0.3 is 30.3 Å². The third kappa shape index (κ3) is 14.6. The van der Waals surface area contributed by atoms with E-state index in [1.807, 2.05) is 0 Å². The molecule has 2 heterocycles. The Hall–Kier alpha value is 1.51. The Labute approximate surface area is 242 Å². The molecule has 0 radical (unpaired) electrons. The zero-order chi connectivity index (χ0) is 27.7. The highest BCUT2D eigenvalue weighted by molar-refractivity contribution is 7.62. The maximum Gasteiger partial charge on any atom is 0.926 e. The summed E-state index contributed by atoms with van der Waals surface area (Å²) in [6.45, 7) is 6.52. The second-order valence-electron chi connectivity index (χ2n) is 10.5. The molecule has 222 valence electrons. The minimum atomic E-state index is -3.64. The Morgan fingerprint density at radius 2 is 0.842 bits per heavy atom. The first-order valence-corrected chi connectivity index (χ1v) is 23.1. The van der Waals surface area contributed by atoms with Gasteiger partial charge in [-0.3, -0.25) is 13.7 Å². The van der Waals surface area contributed by atoms with Crippen molar-refractivity contribution in [1.29, 1.82) is 0 Å². The van der Waals surface area contributed by atoms with E-state index in [0.717, 1.165) is 64.2 Å². The van der Waals surface area contributed by atoms with Crippen LogP contribution in [0.2, 0.25) is 0 Å². The molecule has 0 amide bonds. The molecule has 0 N–H and O–H groups in total. The fourth-order valence-corrected chi connectivity index (χ4v) is 17.9. The molecule has 0 aromatic carbocycles. The van der Waals surface area contributed by atoms with Crippen LogP contribution in [0.1, 0.15) is 136 Å². The fraction of sp³-hybridized carbons (Fsp3) is 1.00. The third-order valence-corrected chi connectivity index (χ3v) is 21.3. The maximum atomic E-state index is 13.6. The monoisotopic (exact) mass is 630 g/mol. The van der Waals surface area contributed by atoms with Crippen LogP contribution in [0.25, 0.3) is 0 Å². The van der Waals surface area contributed by atoms with E-state index in [1.54, 1.807) is 0 Å². The van der Waals surface area contributed by atoms with Crippen LogP contribution >= 0.6 is 22.8 Å². The summed E-state index contributed by atoms with van der Waals surface area (Å²) in [4.78, 5) is 0. The average molecular weight is 631 g/mol. The second kappa shape index (κ2) is 19.7. The Balaban J connectivity index is 1.75. The fourth-order valence-electron chi connectivity index (χ4n) is 4.48. The molecule has 0 saturated carbocycles. The molecule has 2 aliphatic rings. The van der Waals surface area contributed by atoms with Crippen LogP contribution in [0.4, 0.5) is 0 Å². The summed E-state index contributed by atoms with van der Waals surface area (Å²) in [5.74, 6) is 0. The van der Waals surface area contributed by atoms with Crippen molar-refractivity contribution in [3.63, 3.8) is 0 Å². The molecule has 14 heteroatoms. The molecule has 2 saturated heterocycles. The summed E-state index contributed by atoms with van der Waals surface area (Å²) in [5.41, 5.74) is 0. The molecule has 0 bridgehead atoms. The zero-order valence-electron chi connectivity index (χ0n) is 24.0. The van der Waals surface area contributed by atoms with Gasteiger partial charge in [-0.05, 0) is 19.3 Å². The SMILES string of the molecule is CCCCCCCCP1(=O)[O][Al]([O]P(=O)(CCCCCCCC)[O][Al]2[O]P(=O)(CCCCCCCC)[O]2)[O]1. The predicted octanol–water partition coefficient (Wildman–Crippen LogP) is 9.74. The van der Waals surface area contributed by atoms with Crippen molar-refractivity contribution >= 4 is 53.1 Å². The van der Waals surface area contributed by atoms with E-state index in [0.29, 0.717) is 18.7 Å². The quantitative estimate of drug-likeness (QED) is 0.0553. The van der Waals surface area contributed by atoms with Crippen molar-refractivity contribution in [2.75, 3.05) is 18.5 Å².